The molecule has 21 heavy (non-hydrogen) atoms. The predicted molar refractivity (Wildman–Crippen MR) is 92.2 cm³/mol. The molecule has 0 heterocycles. The van der Waals surface area contributed by atoms with Crippen molar-refractivity contribution in [2.24, 2.45) is 0 Å². The second-order valence-corrected chi connectivity index (χ2v) is 7.21. The van der Waals surface area contributed by atoms with Gasteiger partial charge in [0.25, 0.3) is 0 Å². The molecule has 0 amide bonds. The molecule has 3 nitrogen and oxygen atoms in total. The standard InChI is InChI=1S/C15H14Br2O3S/c16-10-1-6-15(14(17)7-10)20-8-12(19)9-21-13-4-2-11(18)3-5-13/h1-7,12,18-19H,8-9H2. The molecule has 2 aromatic carbocycles. The lowest BCUT2D eigenvalue weighted by molar-refractivity contribution is 0.126. The van der Waals surface area contributed by atoms with Crippen molar-refractivity contribution < 1.29 is 14.9 Å². The van der Waals surface area contributed by atoms with E-state index in [2.05, 4.69) is 31.9 Å². The second kappa shape index (κ2) is 8.08. The molecule has 2 rings (SSSR count). The molecule has 112 valence electrons. The van der Waals surface area contributed by atoms with Gasteiger partial charge in [0.1, 0.15) is 18.1 Å². The van der Waals surface area contributed by atoms with Gasteiger partial charge in [0.2, 0.25) is 0 Å². The fourth-order valence-electron chi connectivity index (χ4n) is 1.56. The quantitative estimate of drug-likeness (QED) is 0.660. The van der Waals surface area contributed by atoms with Crippen LogP contribution in [0.5, 0.6) is 11.5 Å². The smallest absolute Gasteiger partial charge is 0.133 e. The Hall–Kier alpha value is -0.690. The zero-order chi connectivity index (χ0) is 15.2. The summed E-state index contributed by atoms with van der Waals surface area (Å²) in [4.78, 5) is 0.997. The van der Waals surface area contributed by atoms with E-state index in [-0.39, 0.29) is 12.4 Å². The van der Waals surface area contributed by atoms with Gasteiger partial charge in [-0.05, 0) is 58.4 Å². The molecular formula is C15H14Br2O3S. The first-order valence-corrected chi connectivity index (χ1v) is 8.79. The number of hydrogen-bond donors (Lipinski definition) is 2. The van der Waals surface area contributed by atoms with Crippen molar-refractivity contribution in [3.05, 3.63) is 51.4 Å². The van der Waals surface area contributed by atoms with Crippen LogP contribution < -0.4 is 4.74 Å². The van der Waals surface area contributed by atoms with Crippen molar-refractivity contribution in [3.63, 3.8) is 0 Å². The molecule has 0 bridgehead atoms. The Morgan fingerprint density at radius 2 is 1.81 bits per heavy atom. The molecule has 0 aliphatic carbocycles. The van der Waals surface area contributed by atoms with Gasteiger partial charge in [-0.1, -0.05) is 15.9 Å². The van der Waals surface area contributed by atoms with Crippen LogP contribution in [0.2, 0.25) is 0 Å². The zero-order valence-electron chi connectivity index (χ0n) is 11.0. The Morgan fingerprint density at radius 1 is 1.10 bits per heavy atom. The molecule has 1 unspecified atom stereocenters. The molecule has 0 aliphatic rings. The SMILES string of the molecule is Oc1ccc(SCC(O)COc2ccc(Br)cc2Br)cc1. The summed E-state index contributed by atoms with van der Waals surface area (Å²) in [5.41, 5.74) is 0. The first-order chi connectivity index (χ1) is 10.0. The topological polar surface area (TPSA) is 49.7 Å². The largest absolute Gasteiger partial charge is 0.508 e. The molecular weight excluding hydrogens is 420 g/mol. The van der Waals surface area contributed by atoms with Crippen LogP contribution in [0.25, 0.3) is 0 Å². The van der Waals surface area contributed by atoms with Gasteiger partial charge in [0.15, 0.2) is 0 Å². The highest BCUT2D eigenvalue weighted by Crippen LogP contribution is 2.28. The van der Waals surface area contributed by atoms with Crippen LogP contribution in [0.1, 0.15) is 0 Å². The average molecular weight is 434 g/mol. The summed E-state index contributed by atoms with van der Waals surface area (Å²) in [6.07, 6.45) is -0.570. The van der Waals surface area contributed by atoms with Crippen LogP contribution >= 0.6 is 43.6 Å². The molecule has 1 atom stereocenters. The van der Waals surface area contributed by atoms with Gasteiger partial charge in [-0.25, -0.2) is 0 Å². The number of halogens is 2. The number of aliphatic hydroxyl groups is 1. The number of thioether (sulfide) groups is 1. The van der Waals surface area contributed by atoms with Crippen LogP contribution in [0, 0.1) is 0 Å². The molecule has 2 N–H and O–H groups in total. The van der Waals surface area contributed by atoms with Gasteiger partial charge >= 0.3 is 0 Å². The summed E-state index contributed by atoms with van der Waals surface area (Å²) >= 11 is 8.31. The molecule has 0 fully saturated rings. The third kappa shape index (κ3) is 5.54. The number of aromatic hydroxyl groups is 1. The number of benzene rings is 2. The van der Waals surface area contributed by atoms with Crippen molar-refractivity contribution in [2.75, 3.05) is 12.4 Å². The third-order valence-corrected chi connectivity index (χ3v) is 4.87. The minimum Gasteiger partial charge on any atom is -0.508 e. The highest BCUT2D eigenvalue weighted by atomic mass is 79.9. The van der Waals surface area contributed by atoms with E-state index in [1.807, 2.05) is 30.3 Å². The lowest BCUT2D eigenvalue weighted by Crippen LogP contribution is -2.20. The number of phenols is 1. The second-order valence-electron chi connectivity index (χ2n) is 4.34. The summed E-state index contributed by atoms with van der Waals surface area (Å²) in [6, 6.07) is 12.5. The molecule has 0 aliphatic heterocycles. The van der Waals surface area contributed by atoms with Crippen molar-refractivity contribution in [1.29, 1.82) is 0 Å². The van der Waals surface area contributed by atoms with E-state index in [1.165, 1.54) is 11.8 Å². The molecule has 0 spiro atoms. The number of phenolic OH excluding ortho intramolecular Hbond substituents is 1. The Kier molecular flexibility index (Phi) is 6.41. The van der Waals surface area contributed by atoms with E-state index in [0.717, 1.165) is 13.8 Å². The molecule has 0 saturated carbocycles. The Morgan fingerprint density at radius 3 is 2.48 bits per heavy atom. The van der Waals surface area contributed by atoms with Gasteiger partial charge in [0.05, 0.1) is 10.6 Å². The van der Waals surface area contributed by atoms with Crippen LogP contribution in [0.15, 0.2) is 56.3 Å². The van der Waals surface area contributed by atoms with Gasteiger partial charge in [-0.15, -0.1) is 11.8 Å². The van der Waals surface area contributed by atoms with Crippen LogP contribution in [-0.2, 0) is 0 Å². The number of ether oxygens (including phenoxy) is 1. The van der Waals surface area contributed by atoms with Crippen molar-refractivity contribution >= 4 is 43.6 Å². The van der Waals surface area contributed by atoms with E-state index in [4.69, 9.17) is 4.74 Å². The first-order valence-electron chi connectivity index (χ1n) is 6.22. The first kappa shape index (κ1) is 16.7. The average Bonchev–Trinajstić information content (AvgIpc) is 2.46. The maximum absolute atomic E-state index is 9.95. The van der Waals surface area contributed by atoms with E-state index in [1.54, 1.807) is 12.1 Å². The van der Waals surface area contributed by atoms with Gasteiger partial charge in [0, 0.05) is 15.1 Å². The van der Waals surface area contributed by atoms with Crippen molar-refractivity contribution in [2.45, 2.75) is 11.0 Å². The fraction of sp³-hybridized carbons (Fsp3) is 0.200. The summed E-state index contributed by atoms with van der Waals surface area (Å²) < 4.78 is 7.40. The lowest BCUT2D eigenvalue weighted by atomic mass is 10.3. The van der Waals surface area contributed by atoms with E-state index < -0.39 is 6.10 Å². The van der Waals surface area contributed by atoms with Gasteiger partial charge in [-0.2, -0.15) is 0 Å². The maximum atomic E-state index is 9.95. The Labute approximate surface area is 144 Å². The van der Waals surface area contributed by atoms with Crippen molar-refractivity contribution in [1.82, 2.24) is 0 Å². The molecule has 0 aromatic heterocycles. The highest BCUT2D eigenvalue weighted by molar-refractivity contribution is 9.11. The fourth-order valence-corrected chi connectivity index (χ4v) is 3.53. The minimum absolute atomic E-state index is 0.227. The van der Waals surface area contributed by atoms with E-state index in [9.17, 15) is 10.2 Å². The molecule has 0 radical (unpaired) electrons. The monoisotopic (exact) mass is 432 g/mol. The lowest BCUT2D eigenvalue weighted by Gasteiger charge is -2.13. The van der Waals surface area contributed by atoms with Gasteiger partial charge in [-0.3, -0.25) is 0 Å². The predicted octanol–water partition coefficient (Wildman–Crippen LogP) is 4.45. The van der Waals surface area contributed by atoms with Gasteiger partial charge < -0.3 is 14.9 Å². The number of aliphatic hydroxyl groups excluding tert-OH is 1. The van der Waals surface area contributed by atoms with Crippen LogP contribution in [-0.4, -0.2) is 28.7 Å². The van der Waals surface area contributed by atoms with Crippen molar-refractivity contribution in [3.8, 4) is 11.5 Å². The minimum atomic E-state index is -0.570. The molecule has 0 saturated heterocycles. The Balaban J connectivity index is 1.79. The summed E-state index contributed by atoms with van der Waals surface area (Å²) in [5.74, 6) is 1.47. The normalized spacial score (nSPS) is 12.1. The number of rotatable bonds is 6. The highest BCUT2D eigenvalue weighted by Gasteiger charge is 2.08. The Bertz CT molecular complexity index is 590. The number of hydrogen-bond acceptors (Lipinski definition) is 4. The van der Waals surface area contributed by atoms with E-state index in [0.29, 0.717) is 11.5 Å². The third-order valence-electron chi connectivity index (χ3n) is 2.60. The summed E-state index contributed by atoms with van der Waals surface area (Å²) in [7, 11) is 0. The zero-order valence-corrected chi connectivity index (χ0v) is 15.0. The molecule has 6 heteroatoms. The maximum Gasteiger partial charge on any atom is 0.133 e. The van der Waals surface area contributed by atoms with E-state index >= 15 is 0 Å². The summed E-state index contributed by atoms with van der Waals surface area (Å²) in [5, 5.41) is 19.2. The van der Waals surface area contributed by atoms with Crippen LogP contribution in [0.3, 0.4) is 0 Å². The summed E-state index contributed by atoms with van der Waals surface area (Å²) in [6.45, 7) is 0.227. The van der Waals surface area contributed by atoms with Crippen LogP contribution in [0.4, 0.5) is 0 Å². The molecule has 2 aromatic rings.